The molecule has 1 N–H and O–H groups in total. The van der Waals surface area contributed by atoms with Crippen LogP contribution in [0.4, 0.5) is 18.0 Å². The van der Waals surface area contributed by atoms with E-state index in [4.69, 9.17) is 9.47 Å². The Morgan fingerprint density at radius 2 is 1.84 bits per heavy atom. The van der Waals surface area contributed by atoms with E-state index in [0.29, 0.717) is 31.5 Å². The number of hydrogen-bond acceptors (Lipinski definition) is 4. The molecule has 2 rings (SSSR count). The Bertz CT molecular complexity index is 735. The van der Waals surface area contributed by atoms with Gasteiger partial charge in [-0.25, -0.2) is 4.79 Å². The van der Waals surface area contributed by atoms with Gasteiger partial charge in [0, 0.05) is 19.1 Å². The third kappa shape index (κ3) is 8.05. The molecule has 9 heteroatoms. The molecule has 0 spiro atoms. The highest BCUT2D eigenvalue weighted by Crippen LogP contribution is 2.28. The molecule has 6 nitrogen and oxygen atoms in total. The lowest BCUT2D eigenvalue weighted by Gasteiger charge is -2.40. The lowest BCUT2D eigenvalue weighted by molar-refractivity contribution is -0.191. The zero-order valence-electron chi connectivity index (χ0n) is 18.4. The van der Waals surface area contributed by atoms with Crippen LogP contribution in [0.5, 0.6) is 0 Å². The molecule has 1 aromatic carbocycles. The van der Waals surface area contributed by atoms with Crippen molar-refractivity contribution in [1.82, 2.24) is 10.2 Å². The summed E-state index contributed by atoms with van der Waals surface area (Å²) >= 11 is 0. The molecule has 0 bridgehead atoms. The molecular weight excluding hydrogens is 413 g/mol. The van der Waals surface area contributed by atoms with Gasteiger partial charge in [0.25, 0.3) is 5.91 Å². The number of likely N-dealkylation sites (tertiary alicyclic amines) is 1. The van der Waals surface area contributed by atoms with E-state index in [9.17, 15) is 22.8 Å². The van der Waals surface area contributed by atoms with Crippen LogP contribution in [0.25, 0.3) is 0 Å². The van der Waals surface area contributed by atoms with Gasteiger partial charge in [-0.15, -0.1) is 0 Å². The van der Waals surface area contributed by atoms with E-state index >= 15 is 0 Å². The molecule has 0 radical (unpaired) electrons. The van der Waals surface area contributed by atoms with Gasteiger partial charge in [0.05, 0.1) is 0 Å². The molecule has 1 saturated heterocycles. The molecule has 1 heterocycles. The zero-order valence-corrected chi connectivity index (χ0v) is 18.4. The Hall–Kier alpha value is -2.29. The highest BCUT2D eigenvalue weighted by molar-refractivity contribution is 5.82. The summed E-state index contributed by atoms with van der Waals surface area (Å²) in [5.74, 6) is -0.561. The number of halogens is 3. The summed E-state index contributed by atoms with van der Waals surface area (Å²) < 4.78 is 48.6. The maximum absolute atomic E-state index is 13.1. The van der Waals surface area contributed by atoms with Crippen molar-refractivity contribution in [3.63, 3.8) is 0 Å². The van der Waals surface area contributed by atoms with E-state index < -0.39 is 36.5 Å². The largest absolute Gasteiger partial charge is 0.444 e. The first kappa shape index (κ1) is 25.0. The smallest absolute Gasteiger partial charge is 0.411 e. The van der Waals surface area contributed by atoms with Crippen LogP contribution in [-0.4, -0.2) is 54.4 Å². The molecular formula is C22H31F3N2O4. The first-order valence-corrected chi connectivity index (χ1v) is 10.4. The first-order valence-electron chi connectivity index (χ1n) is 10.4. The fourth-order valence-corrected chi connectivity index (χ4v) is 3.58. The van der Waals surface area contributed by atoms with Gasteiger partial charge >= 0.3 is 12.3 Å². The average molecular weight is 444 g/mol. The topological polar surface area (TPSA) is 67.9 Å². The minimum atomic E-state index is -4.54. The van der Waals surface area contributed by atoms with Crippen LogP contribution < -0.4 is 5.32 Å². The van der Waals surface area contributed by atoms with Crippen molar-refractivity contribution in [1.29, 1.82) is 0 Å². The second-order valence-electron chi connectivity index (χ2n) is 8.71. The number of nitrogens with one attached hydrogen (secondary N) is 1. The Morgan fingerprint density at radius 1 is 1.19 bits per heavy atom. The fourth-order valence-electron chi connectivity index (χ4n) is 3.58. The number of carbonyl (C=O) groups is 2. The summed E-state index contributed by atoms with van der Waals surface area (Å²) in [5, 5.41) is 2.86. The third-order valence-corrected chi connectivity index (χ3v) is 5.01. The predicted octanol–water partition coefficient (Wildman–Crippen LogP) is 4.46. The van der Waals surface area contributed by atoms with Gasteiger partial charge in [0.2, 0.25) is 0 Å². The summed E-state index contributed by atoms with van der Waals surface area (Å²) in [7, 11) is 0. The lowest BCUT2D eigenvalue weighted by Crippen LogP contribution is -2.53. The lowest BCUT2D eigenvalue weighted by atomic mass is 9.89. The molecule has 0 aliphatic carbocycles. The van der Waals surface area contributed by atoms with Gasteiger partial charge in [-0.1, -0.05) is 37.3 Å². The van der Waals surface area contributed by atoms with Crippen molar-refractivity contribution >= 4 is 12.0 Å². The van der Waals surface area contributed by atoms with Gasteiger partial charge in [-0.2, -0.15) is 13.2 Å². The number of amides is 2. The second kappa shape index (κ2) is 10.3. The van der Waals surface area contributed by atoms with Crippen LogP contribution in [0.3, 0.4) is 0 Å². The minimum absolute atomic E-state index is 0.0516. The Kier molecular flexibility index (Phi) is 8.34. The van der Waals surface area contributed by atoms with Crippen molar-refractivity contribution in [3.05, 3.63) is 35.9 Å². The standard InChI is InChI=1S/C22H31F3N2O4/c1-5-15-13-27(12-11-17(15)26-20(29)31-21(2,3)4)19(28)18(30-14-22(23,24)25)16-9-7-6-8-10-16/h6-10,15,17-18H,5,11-14H2,1-4H3,(H,26,29)/t15-,17+,18-/m1/s1. The number of benzene rings is 1. The Morgan fingerprint density at radius 3 is 2.39 bits per heavy atom. The van der Waals surface area contributed by atoms with Crippen LogP contribution in [0.15, 0.2) is 30.3 Å². The number of alkyl halides is 3. The van der Waals surface area contributed by atoms with Crippen molar-refractivity contribution in [2.75, 3.05) is 19.7 Å². The third-order valence-electron chi connectivity index (χ3n) is 5.01. The van der Waals surface area contributed by atoms with Crippen LogP contribution in [0.1, 0.15) is 52.2 Å². The molecule has 3 atom stereocenters. The normalized spacial score (nSPS) is 20.8. The van der Waals surface area contributed by atoms with E-state index in [0.717, 1.165) is 0 Å². The molecule has 1 aliphatic heterocycles. The zero-order chi connectivity index (χ0) is 23.2. The first-order chi connectivity index (χ1) is 14.4. The van der Waals surface area contributed by atoms with Gasteiger partial charge in [0.15, 0.2) is 6.10 Å². The van der Waals surface area contributed by atoms with Crippen LogP contribution in [-0.2, 0) is 14.3 Å². The monoisotopic (exact) mass is 444 g/mol. The van der Waals surface area contributed by atoms with E-state index in [1.54, 1.807) is 51.1 Å². The van der Waals surface area contributed by atoms with Crippen molar-refractivity contribution in [3.8, 4) is 0 Å². The summed E-state index contributed by atoms with van der Waals surface area (Å²) in [6.45, 7) is 6.37. The van der Waals surface area contributed by atoms with Gasteiger partial charge in [-0.05, 0) is 45.1 Å². The van der Waals surface area contributed by atoms with Crippen molar-refractivity contribution < 1.29 is 32.2 Å². The van der Waals surface area contributed by atoms with Crippen molar-refractivity contribution in [2.24, 2.45) is 5.92 Å². The van der Waals surface area contributed by atoms with Crippen LogP contribution in [0.2, 0.25) is 0 Å². The number of carbonyl (C=O) groups excluding carboxylic acids is 2. The summed E-state index contributed by atoms with van der Waals surface area (Å²) in [6, 6.07) is 7.99. The summed E-state index contributed by atoms with van der Waals surface area (Å²) in [4.78, 5) is 26.8. The van der Waals surface area contributed by atoms with E-state index in [2.05, 4.69) is 5.32 Å². The van der Waals surface area contributed by atoms with E-state index in [1.165, 1.54) is 4.90 Å². The molecule has 174 valence electrons. The predicted molar refractivity (Wildman–Crippen MR) is 109 cm³/mol. The molecule has 0 unspecified atom stereocenters. The number of alkyl carbamates (subject to hydrolysis) is 1. The molecule has 1 aromatic rings. The molecule has 31 heavy (non-hydrogen) atoms. The molecule has 0 saturated carbocycles. The number of nitrogens with zero attached hydrogens (tertiary/aromatic N) is 1. The maximum Gasteiger partial charge on any atom is 0.411 e. The highest BCUT2D eigenvalue weighted by atomic mass is 19.4. The second-order valence-corrected chi connectivity index (χ2v) is 8.71. The van der Waals surface area contributed by atoms with Gasteiger partial charge in [0.1, 0.15) is 12.2 Å². The highest BCUT2D eigenvalue weighted by Gasteiger charge is 2.37. The number of ether oxygens (including phenoxy) is 2. The Labute approximate surface area is 181 Å². The fraction of sp³-hybridized carbons (Fsp3) is 0.636. The van der Waals surface area contributed by atoms with Crippen molar-refractivity contribution in [2.45, 2.75) is 64.5 Å². The molecule has 1 aliphatic rings. The maximum atomic E-state index is 13.1. The number of rotatable bonds is 6. The Balaban J connectivity index is 2.08. The van der Waals surface area contributed by atoms with E-state index in [-0.39, 0.29) is 12.0 Å². The summed E-state index contributed by atoms with van der Waals surface area (Å²) in [5.41, 5.74) is -0.250. The number of piperidine rings is 1. The quantitative estimate of drug-likeness (QED) is 0.704. The number of hydrogen-bond donors (Lipinski definition) is 1. The average Bonchev–Trinajstić information content (AvgIpc) is 2.66. The SMILES string of the molecule is CC[C@@H]1CN(C(=O)[C@H](OCC(F)(F)F)c2ccccc2)CC[C@@H]1NC(=O)OC(C)(C)C. The molecule has 0 aromatic heterocycles. The molecule has 2 amide bonds. The van der Waals surface area contributed by atoms with E-state index in [1.807, 2.05) is 6.92 Å². The van der Waals surface area contributed by atoms with Gasteiger partial charge in [-0.3, -0.25) is 4.79 Å². The van der Waals surface area contributed by atoms with Crippen LogP contribution >= 0.6 is 0 Å². The van der Waals surface area contributed by atoms with Gasteiger partial charge < -0.3 is 19.7 Å². The minimum Gasteiger partial charge on any atom is -0.444 e. The molecule has 1 fully saturated rings. The summed E-state index contributed by atoms with van der Waals surface area (Å²) in [6.07, 6.45) is -5.24. The van der Waals surface area contributed by atoms with Crippen LogP contribution in [0, 0.1) is 5.92 Å².